The van der Waals surface area contributed by atoms with Crippen molar-refractivity contribution in [3.05, 3.63) is 65.2 Å². The van der Waals surface area contributed by atoms with Crippen molar-refractivity contribution in [2.24, 2.45) is 0 Å². The van der Waals surface area contributed by atoms with Crippen LogP contribution in [-0.2, 0) is 22.6 Å². The second kappa shape index (κ2) is 9.85. The van der Waals surface area contributed by atoms with Crippen molar-refractivity contribution in [3.63, 3.8) is 0 Å². The highest BCUT2D eigenvalue weighted by atomic mass is 19.4. The molecule has 1 N–H and O–H groups in total. The lowest BCUT2D eigenvalue weighted by Gasteiger charge is -2.24. The molecule has 0 bridgehead atoms. The highest BCUT2D eigenvalue weighted by molar-refractivity contribution is 5.82. The Hall–Kier alpha value is -3.03. The average molecular weight is 434 g/mol. The third kappa shape index (κ3) is 7.01. The van der Waals surface area contributed by atoms with E-state index in [0.29, 0.717) is 32.4 Å². The zero-order valence-corrected chi connectivity index (χ0v) is 17.2. The summed E-state index contributed by atoms with van der Waals surface area (Å²) in [5, 5.41) is 2.83. The molecule has 0 radical (unpaired) electrons. The standard InChI is InChI=1S/C23H25F3N2O3/c1-16-2-4-18(5-3-16)15-28-19(8-11-22(28)30)14-21(29)27-13-12-17-6-9-20(10-7-17)31-23(24,25)26/h2-7,9-10,19H,8,11-15H2,1H3,(H,27,29). The summed E-state index contributed by atoms with van der Waals surface area (Å²) in [6.07, 6.45) is -2.91. The van der Waals surface area contributed by atoms with Crippen molar-refractivity contribution in [1.82, 2.24) is 10.2 Å². The van der Waals surface area contributed by atoms with E-state index in [1.54, 1.807) is 4.90 Å². The molecule has 2 aromatic rings. The van der Waals surface area contributed by atoms with E-state index >= 15 is 0 Å². The van der Waals surface area contributed by atoms with E-state index in [0.717, 1.165) is 16.7 Å². The molecule has 1 saturated heterocycles. The van der Waals surface area contributed by atoms with Gasteiger partial charge in [-0.15, -0.1) is 13.2 Å². The maximum absolute atomic E-state index is 12.4. The van der Waals surface area contributed by atoms with Crippen LogP contribution in [0.15, 0.2) is 48.5 Å². The van der Waals surface area contributed by atoms with Gasteiger partial charge >= 0.3 is 6.36 Å². The summed E-state index contributed by atoms with van der Waals surface area (Å²) in [4.78, 5) is 26.4. The number of amides is 2. The van der Waals surface area contributed by atoms with Crippen LogP contribution in [-0.4, -0.2) is 35.7 Å². The van der Waals surface area contributed by atoms with Crippen molar-refractivity contribution >= 4 is 11.8 Å². The van der Waals surface area contributed by atoms with Crippen molar-refractivity contribution in [2.45, 2.75) is 51.6 Å². The molecule has 0 spiro atoms. The molecule has 1 fully saturated rings. The Bertz CT molecular complexity index is 896. The van der Waals surface area contributed by atoms with Crippen LogP contribution >= 0.6 is 0 Å². The van der Waals surface area contributed by atoms with Gasteiger partial charge in [0, 0.05) is 32.0 Å². The van der Waals surface area contributed by atoms with Crippen LogP contribution in [0.3, 0.4) is 0 Å². The third-order valence-corrected chi connectivity index (χ3v) is 5.24. The van der Waals surface area contributed by atoms with Gasteiger partial charge in [0.05, 0.1) is 0 Å². The number of nitrogens with one attached hydrogen (secondary N) is 1. The first kappa shape index (κ1) is 22.7. The van der Waals surface area contributed by atoms with Gasteiger partial charge in [-0.25, -0.2) is 0 Å². The number of rotatable bonds is 8. The fourth-order valence-corrected chi connectivity index (χ4v) is 3.60. The number of benzene rings is 2. The van der Waals surface area contributed by atoms with Crippen LogP contribution in [0.25, 0.3) is 0 Å². The fraction of sp³-hybridized carbons (Fsp3) is 0.391. The Kier molecular flexibility index (Phi) is 7.20. The monoisotopic (exact) mass is 434 g/mol. The van der Waals surface area contributed by atoms with E-state index in [9.17, 15) is 22.8 Å². The lowest BCUT2D eigenvalue weighted by Crippen LogP contribution is -2.37. The molecule has 3 rings (SSSR count). The summed E-state index contributed by atoms with van der Waals surface area (Å²) in [7, 11) is 0. The van der Waals surface area contributed by atoms with Crippen LogP contribution in [0.2, 0.25) is 0 Å². The zero-order valence-electron chi connectivity index (χ0n) is 17.2. The van der Waals surface area contributed by atoms with Crippen molar-refractivity contribution in [1.29, 1.82) is 0 Å². The van der Waals surface area contributed by atoms with Gasteiger partial charge in [0.15, 0.2) is 0 Å². The van der Waals surface area contributed by atoms with Gasteiger partial charge in [-0.2, -0.15) is 0 Å². The number of hydrogen-bond acceptors (Lipinski definition) is 3. The molecule has 5 nitrogen and oxygen atoms in total. The third-order valence-electron chi connectivity index (χ3n) is 5.24. The molecule has 31 heavy (non-hydrogen) atoms. The van der Waals surface area contributed by atoms with Crippen LogP contribution < -0.4 is 10.1 Å². The van der Waals surface area contributed by atoms with Crippen molar-refractivity contribution in [2.75, 3.05) is 6.54 Å². The maximum Gasteiger partial charge on any atom is 0.573 e. The number of likely N-dealkylation sites (tertiary alicyclic amines) is 1. The molecule has 1 atom stereocenters. The molecule has 0 saturated carbocycles. The minimum absolute atomic E-state index is 0.0551. The Balaban J connectivity index is 1.45. The van der Waals surface area contributed by atoms with Crippen LogP contribution in [0, 0.1) is 6.92 Å². The van der Waals surface area contributed by atoms with Gasteiger partial charge < -0.3 is 15.0 Å². The lowest BCUT2D eigenvalue weighted by molar-refractivity contribution is -0.274. The lowest BCUT2D eigenvalue weighted by atomic mass is 10.1. The Labute approximate surface area is 179 Å². The SMILES string of the molecule is Cc1ccc(CN2C(=O)CCC2CC(=O)NCCc2ccc(OC(F)(F)F)cc2)cc1. The zero-order chi connectivity index (χ0) is 22.4. The molecule has 1 aliphatic rings. The Morgan fingerprint density at radius 1 is 1.10 bits per heavy atom. The predicted molar refractivity (Wildman–Crippen MR) is 109 cm³/mol. The first-order valence-corrected chi connectivity index (χ1v) is 10.2. The summed E-state index contributed by atoms with van der Waals surface area (Å²) < 4.78 is 40.4. The summed E-state index contributed by atoms with van der Waals surface area (Å²) in [6.45, 7) is 2.85. The number of ether oxygens (including phenoxy) is 1. The van der Waals surface area contributed by atoms with Crippen molar-refractivity contribution < 1.29 is 27.5 Å². The van der Waals surface area contributed by atoms with Crippen LogP contribution in [0.1, 0.15) is 36.0 Å². The highest BCUT2D eigenvalue weighted by Crippen LogP contribution is 2.24. The number of carbonyl (C=O) groups excluding carboxylic acids is 2. The molecule has 2 aromatic carbocycles. The van der Waals surface area contributed by atoms with Gasteiger partial charge in [0.1, 0.15) is 5.75 Å². The molecule has 1 aliphatic heterocycles. The number of aryl methyl sites for hydroxylation is 1. The molecule has 1 heterocycles. The van der Waals surface area contributed by atoms with Crippen LogP contribution in [0.4, 0.5) is 13.2 Å². The van der Waals surface area contributed by atoms with Crippen LogP contribution in [0.5, 0.6) is 5.75 Å². The first-order chi connectivity index (χ1) is 14.7. The summed E-state index contributed by atoms with van der Waals surface area (Å²) in [5.74, 6) is -0.370. The van der Waals surface area contributed by atoms with E-state index in [4.69, 9.17) is 0 Å². The van der Waals surface area contributed by atoms with Gasteiger partial charge in [0.25, 0.3) is 0 Å². The Morgan fingerprint density at radius 3 is 2.39 bits per heavy atom. The maximum atomic E-state index is 12.4. The fourth-order valence-electron chi connectivity index (χ4n) is 3.60. The van der Waals surface area contributed by atoms with E-state index in [1.807, 2.05) is 31.2 Å². The molecule has 166 valence electrons. The molecule has 2 amide bonds. The summed E-state index contributed by atoms with van der Waals surface area (Å²) in [5.41, 5.74) is 2.96. The molecule has 0 aromatic heterocycles. The average Bonchev–Trinajstić information content (AvgIpc) is 3.03. The van der Waals surface area contributed by atoms with E-state index in [-0.39, 0.29) is 30.0 Å². The normalized spacial score (nSPS) is 16.5. The molecular weight excluding hydrogens is 409 g/mol. The van der Waals surface area contributed by atoms with E-state index in [2.05, 4.69) is 10.1 Å². The number of hydrogen-bond donors (Lipinski definition) is 1. The largest absolute Gasteiger partial charge is 0.573 e. The van der Waals surface area contributed by atoms with E-state index < -0.39 is 6.36 Å². The van der Waals surface area contributed by atoms with Gasteiger partial charge in [-0.1, -0.05) is 42.0 Å². The predicted octanol–water partition coefficient (Wildman–Crippen LogP) is 4.13. The van der Waals surface area contributed by atoms with E-state index in [1.165, 1.54) is 24.3 Å². The number of halogens is 3. The number of nitrogens with zero attached hydrogens (tertiary/aromatic N) is 1. The second-order valence-electron chi connectivity index (χ2n) is 7.70. The quantitative estimate of drug-likeness (QED) is 0.680. The number of alkyl halides is 3. The molecule has 0 aliphatic carbocycles. The number of carbonyl (C=O) groups is 2. The minimum atomic E-state index is -4.72. The molecule has 1 unspecified atom stereocenters. The van der Waals surface area contributed by atoms with Gasteiger partial charge in [-0.3, -0.25) is 9.59 Å². The summed E-state index contributed by atoms with van der Waals surface area (Å²) >= 11 is 0. The highest BCUT2D eigenvalue weighted by Gasteiger charge is 2.32. The van der Waals surface area contributed by atoms with Gasteiger partial charge in [-0.05, 0) is 43.0 Å². The van der Waals surface area contributed by atoms with Crippen molar-refractivity contribution in [3.8, 4) is 5.75 Å². The Morgan fingerprint density at radius 2 is 1.74 bits per heavy atom. The topological polar surface area (TPSA) is 58.6 Å². The molecular formula is C23H25F3N2O3. The second-order valence-corrected chi connectivity index (χ2v) is 7.70. The van der Waals surface area contributed by atoms with Gasteiger partial charge in [0.2, 0.25) is 11.8 Å². The first-order valence-electron chi connectivity index (χ1n) is 10.2. The minimum Gasteiger partial charge on any atom is -0.406 e. The smallest absolute Gasteiger partial charge is 0.406 e. The summed E-state index contributed by atoms with van der Waals surface area (Å²) in [6, 6.07) is 13.4. The molecule has 8 heteroatoms.